The highest BCUT2D eigenvalue weighted by molar-refractivity contribution is 6.17. The van der Waals surface area contributed by atoms with Gasteiger partial charge < -0.3 is 20.6 Å². The lowest BCUT2D eigenvalue weighted by Crippen LogP contribution is -2.46. The van der Waals surface area contributed by atoms with Gasteiger partial charge in [-0.2, -0.15) is 0 Å². The van der Waals surface area contributed by atoms with Crippen molar-refractivity contribution in [2.45, 2.75) is 38.8 Å². The topological polar surface area (TPSA) is 127 Å². The molecule has 2 fully saturated rings. The van der Waals surface area contributed by atoms with Crippen LogP contribution in [0.5, 0.6) is 0 Å². The molecule has 204 valence electrons. The van der Waals surface area contributed by atoms with Gasteiger partial charge in [0.25, 0.3) is 5.91 Å². The smallest absolute Gasteiger partial charge is 0.327 e. The van der Waals surface area contributed by atoms with Gasteiger partial charge in [-0.1, -0.05) is 0 Å². The van der Waals surface area contributed by atoms with E-state index in [1.807, 2.05) is 19.9 Å². The number of halogens is 1. The van der Waals surface area contributed by atoms with Gasteiger partial charge in [0.05, 0.1) is 40.1 Å². The van der Waals surface area contributed by atoms with Gasteiger partial charge in [0.15, 0.2) is 5.82 Å². The monoisotopic (exact) mass is 534 g/mol. The number of rotatable bonds is 7. The lowest BCUT2D eigenvalue weighted by atomic mass is 10.1. The van der Waals surface area contributed by atoms with Gasteiger partial charge in [-0.3, -0.25) is 14.6 Å². The number of benzene rings is 1. The molecule has 2 aromatic heterocycles. The highest BCUT2D eigenvalue weighted by Crippen LogP contribution is 2.38. The highest BCUT2D eigenvalue weighted by atomic mass is 19.1. The Morgan fingerprint density at radius 3 is 2.64 bits per heavy atom. The van der Waals surface area contributed by atoms with Crippen molar-refractivity contribution in [2.75, 3.05) is 54.4 Å². The summed E-state index contributed by atoms with van der Waals surface area (Å²) >= 11 is 0. The first-order chi connectivity index (χ1) is 18.8. The Labute approximate surface area is 225 Å². The molecule has 1 saturated carbocycles. The third-order valence-electron chi connectivity index (χ3n) is 7.90. The van der Waals surface area contributed by atoms with Gasteiger partial charge in [0.1, 0.15) is 17.8 Å². The first kappa shape index (κ1) is 25.4. The normalized spacial score (nSPS) is 18.3. The van der Waals surface area contributed by atoms with E-state index in [9.17, 15) is 14.7 Å². The average molecular weight is 535 g/mol. The summed E-state index contributed by atoms with van der Waals surface area (Å²) in [6.07, 6.45) is 2.97. The van der Waals surface area contributed by atoms with Crippen LogP contribution >= 0.6 is 0 Å². The molecular weight excluding hydrogens is 503 g/mol. The van der Waals surface area contributed by atoms with Crippen molar-refractivity contribution in [3.05, 3.63) is 47.3 Å². The van der Waals surface area contributed by atoms with Crippen LogP contribution in [0.2, 0.25) is 0 Å². The maximum Gasteiger partial charge on any atom is 0.327 e. The van der Waals surface area contributed by atoms with E-state index >= 15 is 4.39 Å². The number of hydrogen-bond donors (Lipinski definition) is 3. The fraction of sp³-hybridized carbons (Fsp3) is 0.444. The number of amides is 3. The van der Waals surface area contributed by atoms with Gasteiger partial charge in [0.2, 0.25) is 0 Å². The van der Waals surface area contributed by atoms with Crippen molar-refractivity contribution in [1.29, 1.82) is 0 Å². The zero-order valence-corrected chi connectivity index (χ0v) is 22.0. The van der Waals surface area contributed by atoms with Gasteiger partial charge in [-0.25, -0.2) is 24.1 Å². The molecular formula is C27H31FN8O3. The second-order valence-corrected chi connectivity index (χ2v) is 10.4. The molecule has 1 aliphatic carbocycles. The number of carbonyl (C=O) groups excluding carboxylic acids is 2. The number of aliphatic hydroxyl groups excluding tert-OH is 1. The number of piperazine rings is 1. The SMILES string of the molecule is CCN1C(=O)Nc2c(F)c(CN3CCN(c4ccc(C(=O)NC5(CO)CC5)nc4C)CC3)cc3ncnc1c23. The summed E-state index contributed by atoms with van der Waals surface area (Å²) in [6, 6.07) is 4.98. The van der Waals surface area contributed by atoms with Crippen LogP contribution in [0.1, 0.15) is 41.5 Å². The van der Waals surface area contributed by atoms with Crippen molar-refractivity contribution in [1.82, 2.24) is 25.2 Å². The van der Waals surface area contributed by atoms with Crippen LogP contribution in [-0.4, -0.2) is 81.8 Å². The van der Waals surface area contributed by atoms with Gasteiger partial charge in [-0.05, 0) is 44.9 Å². The summed E-state index contributed by atoms with van der Waals surface area (Å²) < 4.78 is 15.6. The molecule has 39 heavy (non-hydrogen) atoms. The molecule has 0 spiro atoms. The number of pyridine rings is 1. The number of anilines is 3. The second-order valence-electron chi connectivity index (χ2n) is 10.4. The van der Waals surface area contributed by atoms with E-state index in [1.165, 1.54) is 11.2 Å². The number of aryl methyl sites for hydroxylation is 1. The number of urea groups is 1. The van der Waals surface area contributed by atoms with E-state index in [4.69, 9.17) is 0 Å². The van der Waals surface area contributed by atoms with E-state index in [1.54, 1.807) is 12.1 Å². The average Bonchev–Trinajstić information content (AvgIpc) is 3.71. The van der Waals surface area contributed by atoms with Crippen LogP contribution in [0.4, 0.5) is 26.4 Å². The molecule has 3 aromatic rings. The standard InChI is InChI=1S/C27H31FN8O3/c1-3-36-24-21-19(29-15-30-24)12-17(22(28)23(21)32-26(36)39)13-34-8-10-35(11-9-34)20-5-4-18(31-16(20)2)25(38)33-27(14-37)6-7-27/h4-5,12,15,37H,3,6-11,13-14H2,1-2H3,(H,32,39)(H,33,38). The van der Waals surface area contributed by atoms with Crippen LogP contribution in [-0.2, 0) is 6.54 Å². The van der Waals surface area contributed by atoms with Crippen LogP contribution in [0, 0.1) is 12.7 Å². The van der Waals surface area contributed by atoms with Crippen LogP contribution in [0.25, 0.3) is 10.9 Å². The Bertz CT molecular complexity index is 1470. The summed E-state index contributed by atoms with van der Waals surface area (Å²) in [5.74, 6) is -0.296. The van der Waals surface area contributed by atoms with Crippen molar-refractivity contribution in [2.24, 2.45) is 0 Å². The van der Waals surface area contributed by atoms with E-state index in [0.717, 1.165) is 37.3 Å². The van der Waals surface area contributed by atoms with E-state index < -0.39 is 17.4 Å². The lowest BCUT2D eigenvalue weighted by Gasteiger charge is -2.37. The van der Waals surface area contributed by atoms with Crippen molar-refractivity contribution >= 4 is 40.0 Å². The fourth-order valence-electron chi connectivity index (χ4n) is 5.42. The molecule has 11 nitrogen and oxygen atoms in total. The minimum Gasteiger partial charge on any atom is -0.394 e. The zero-order valence-electron chi connectivity index (χ0n) is 22.0. The molecule has 6 rings (SSSR count). The fourth-order valence-corrected chi connectivity index (χ4v) is 5.42. The van der Waals surface area contributed by atoms with Crippen molar-refractivity contribution in [3.63, 3.8) is 0 Å². The minimum atomic E-state index is -0.486. The quantitative estimate of drug-likeness (QED) is 0.422. The molecule has 1 aromatic carbocycles. The summed E-state index contributed by atoms with van der Waals surface area (Å²) in [6.45, 7) is 7.32. The Balaban J connectivity index is 1.14. The Hall–Kier alpha value is -3.90. The summed E-state index contributed by atoms with van der Waals surface area (Å²) in [4.78, 5) is 44.1. The van der Waals surface area contributed by atoms with E-state index in [-0.39, 0.29) is 18.2 Å². The maximum atomic E-state index is 15.6. The third kappa shape index (κ3) is 4.53. The van der Waals surface area contributed by atoms with E-state index in [0.29, 0.717) is 54.2 Å². The molecule has 0 bridgehead atoms. The number of aliphatic hydroxyl groups is 1. The van der Waals surface area contributed by atoms with Crippen LogP contribution in [0.3, 0.4) is 0 Å². The maximum absolute atomic E-state index is 15.6. The number of carbonyl (C=O) groups is 2. The zero-order chi connectivity index (χ0) is 27.3. The second kappa shape index (κ2) is 9.69. The predicted molar refractivity (Wildman–Crippen MR) is 145 cm³/mol. The largest absolute Gasteiger partial charge is 0.394 e. The number of aromatic nitrogens is 3. The lowest BCUT2D eigenvalue weighted by molar-refractivity contribution is 0.0901. The number of hydrogen-bond acceptors (Lipinski definition) is 8. The first-order valence-electron chi connectivity index (χ1n) is 13.3. The van der Waals surface area contributed by atoms with Gasteiger partial charge in [0, 0.05) is 44.8 Å². The molecule has 2 aliphatic heterocycles. The molecule has 0 atom stereocenters. The Morgan fingerprint density at radius 2 is 1.97 bits per heavy atom. The van der Waals surface area contributed by atoms with E-state index in [2.05, 4.69) is 35.4 Å². The third-order valence-corrected chi connectivity index (χ3v) is 7.90. The molecule has 0 radical (unpaired) electrons. The predicted octanol–water partition coefficient (Wildman–Crippen LogP) is 2.42. The first-order valence-corrected chi connectivity index (χ1v) is 13.3. The van der Waals surface area contributed by atoms with Gasteiger partial charge in [-0.15, -0.1) is 0 Å². The summed E-state index contributed by atoms with van der Waals surface area (Å²) in [5.41, 5.74) is 2.79. The Kier molecular flexibility index (Phi) is 6.31. The van der Waals surface area contributed by atoms with Crippen LogP contribution < -0.4 is 20.4 Å². The molecule has 3 amide bonds. The molecule has 0 unspecified atom stereocenters. The molecule has 3 N–H and O–H groups in total. The summed E-state index contributed by atoms with van der Waals surface area (Å²) in [7, 11) is 0. The van der Waals surface area contributed by atoms with Gasteiger partial charge >= 0.3 is 6.03 Å². The Morgan fingerprint density at radius 1 is 1.21 bits per heavy atom. The molecule has 12 heteroatoms. The molecule has 4 heterocycles. The number of nitrogens with one attached hydrogen (secondary N) is 2. The minimum absolute atomic E-state index is 0.0641. The number of nitrogens with zero attached hydrogens (tertiary/aromatic N) is 6. The van der Waals surface area contributed by atoms with Crippen LogP contribution in [0.15, 0.2) is 24.5 Å². The summed E-state index contributed by atoms with van der Waals surface area (Å²) in [5, 5.41) is 15.6. The molecule has 1 saturated heterocycles. The molecule has 3 aliphatic rings. The van der Waals surface area contributed by atoms with Crippen molar-refractivity contribution < 1.29 is 19.1 Å². The van der Waals surface area contributed by atoms with Crippen molar-refractivity contribution in [3.8, 4) is 0 Å². The highest BCUT2D eigenvalue weighted by Gasteiger charge is 2.43.